The maximum atomic E-state index is 9.94. The number of ether oxygens (including phenoxy) is 1. The van der Waals surface area contributed by atoms with Crippen molar-refractivity contribution in [1.82, 2.24) is 0 Å². The van der Waals surface area contributed by atoms with Crippen molar-refractivity contribution in [2.75, 3.05) is 6.61 Å². The second-order valence-electron chi connectivity index (χ2n) is 1.32. The van der Waals surface area contributed by atoms with Gasteiger partial charge in [-0.1, -0.05) is 11.6 Å². The molecule has 1 amide bonds. The third-order valence-corrected chi connectivity index (χ3v) is 0.581. The second-order valence-corrected chi connectivity index (χ2v) is 1.93. The lowest BCUT2D eigenvalue weighted by atomic mass is 10.7. The number of hydrogen-bond donors (Lipinski definition) is 1. The molecule has 0 heterocycles. The Labute approximate surface area is 52.8 Å². The Morgan fingerprint density at radius 2 is 2.50 bits per heavy atom. The van der Waals surface area contributed by atoms with Gasteiger partial charge < -0.3 is 10.5 Å². The fourth-order valence-corrected chi connectivity index (χ4v) is 0.260. The van der Waals surface area contributed by atoms with E-state index in [9.17, 15) is 4.79 Å². The third kappa shape index (κ3) is 5.72. The van der Waals surface area contributed by atoms with Gasteiger partial charge in [0.25, 0.3) is 0 Å². The molecule has 0 aliphatic rings. The molecule has 0 aliphatic carbocycles. The lowest BCUT2D eigenvalue weighted by Gasteiger charge is -2.00. The van der Waals surface area contributed by atoms with E-state index in [1.54, 1.807) is 6.92 Å². The smallest absolute Gasteiger partial charge is 0.243 e. The number of hydrogen-bond acceptors (Lipinski definition) is 2. The number of carbonyl (C=O) groups excluding carboxylic acids is 1. The summed E-state index contributed by atoms with van der Waals surface area (Å²) < 4.78 is 4.59. The molecular formula is C4H8ClNO2. The van der Waals surface area contributed by atoms with Crippen molar-refractivity contribution in [3.8, 4) is 0 Å². The van der Waals surface area contributed by atoms with Crippen molar-refractivity contribution in [2.24, 2.45) is 5.73 Å². The minimum Gasteiger partial charge on any atom is -0.368 e. The van der Waals surface area contributed by atoms with Gasteiger partial charge in [0.05, 0.1) is 0 Å². The van der Waals surface area contributed by atoms with Crippen LogP contribution in [0.3, 0.4) is 0 Å². The quantitative estimate of drug-likeness (QED) is 0.560. The largest absolute Gasteiger partial charge is 0.368 e. The third-order valence-electron chi connectivity index (χ3n) is 0.455. The Bertz CT molecular complexity index is 84.1. The zero-order valence-corrected chi connectivity index (χ0v) is 5.31. The second kappa shape index (κ2) is 3.69. The van der Waals surface area contributed by atoms with Crippen molar-refractivity contribution in [3.05, 3.63) is 0 Å². The van der Waals surface area contributed by atoms with Crippen LogP contribution in [0.25, 0.3) is 0 Å². The zero-order valence-electron chi connectivity index (χ0n) is 4.56. The van der Waals surface area contributed by atoms with E-state index in [0.717, 1.165) is 0 Å². The molecule has 0 radical (unpaired) electrons. The SMILES string of the molecule is CC(Cl)OCC(N)=O. The zero-order chi connectivity index (χ0) is 6.57. The van der Waals surface area contributed by atoms with Crippen LogP contribution in [0.1, 0.15) is 6.92 Å². The molecule has 2 N–H and O–H groups in total. The summed E-state index contributed by atoms with van der Waals surface area (Å²) in [7, 11) is 0. The first-order chi connectivity index (χ1) is 3.63. The van der Waals surface area contributed by atoms with Crippen molar-refractivity contribution < 1.29 is 9.53 Å². The molecule has 4 heteroatoms. The van der Waals surface area contributed by atoms with E-state index in [-0.39, 0.29) is 6.61 Å². The lowest BCUT2D eigenvalue weighted by molar-refractivity contribution is -0.122. The van der Waals surface area contributed by atoms with E-state index in [1.165, 1.54) is 0 Å². The summed E-state index contributed by atoms with van der Waals surface area (Å²) in [5, 5.41) is 0. The number of halogens is 1. The fourth-order valence-electron chi connectivity index (χ4n) is 0.197. The van der Waals surface area contributed by atoms with Crippen LogP contribution in [0.15, 0.2) is 0 Å². The van der Waals surface area contributed by atoms with Crippen LogP contribution in [-0.4, -0.2) is 18.1 Å². The topological polar surface area (TPSA) is 52.3 Å². The highest BCUT2D eigenvalue weighted by atomic mass is 35.5. The van der Waals surface area contributed by atoms with E-state index in [1.807, 2.05) is 0 Å². The van der Waals surface area contributed by atoms with E-state index in [2.05, 4.69) is 4.74 Å². The molecule has 0 bridgehead atoms. The number of carbonyl (C=O) groups is 1. The van der Waals surface area contributed by atoms with Gasteiger partial charge >= 0.3 is 0 Å². The summed E-state index contributed by atoms with van der Waals surface area (Å²) in [4.78, 5) is 9.94. The van der Waals surface area contributed by atoms with E-state index in [0.29, 0.717) is 0 Å². The lowest BCUT2D eigenvalue weighted by Crippen LogP contribution is -2.19. The molecule has 0 saturated carbocycles. The van der Waals surface area contributed by atoms with Gasteiger partial charge in [0.1, 0.15) is 12.2 Å². The highest BCUT2D eigenvalue weighted by Crippen LogP contribution is 1.93. The molecule has 3 nitrogen and oxygen atoms in total. The Balaban J connectivity index is 3.05. The molecule has 1 atom stereocenters. The summed E-state index contributed by atoms with van der Waals surface area (Å²) in [6.45, 7) is 1.51. The summed E-state index contributed by atoms with van der Waals surface area (Å²) in [5.41, 5.74) is 4.28. The van der Waals surface area contributed by atoms with Crippen molar-refractivity contribution in [2.45, 2.75) is 12.5 Å². The molecule has 0 saturated heterocycles. The van der Waals surface area contributed by atoms with E-state index < -0.39 is 11.5 Å². The average molecular weight is 138 g/mol. The molecule has 48 valence electrons. The number of primary amides is 1. The molecule has 0 aromatic carbocycles. The molecule has 0 aliphatic heterocycles. The van der Waals surface area contributed by atoms with Gasteiger partial charge in [-0.2, -0.15) is 0 Å². The highest BCUT2D eigenvalue weighted by Gasteiger charge is 1.96. The standard InChI is InChI=1S/C4H8ClNO2/c1-3(5)8-2-4(6)7/h3H,2H2,1H3,(H2,6,7). The number of alkyl halides is 1. The van der Waals surface area contributed by atoms with Crippen molar-refractivity contribution in [1.29, 1.82) is 0 Å². The molecule has 0 spiro atoms. The minimum atomic E-state index is -0.502. The van der Waals surface area contributed by atoms with Crippen molar-refractivity contribution >= 4 is 17.5 Å². The van der Waals surface area contributed by atoms with Crippen LogP contribution >= 0.6 is 11.6 Å². The van der Waals surface area contributed by atoms with Crippen LogP contribution in [0.4, 0.5) is 0 Å². The Hall–Kier alpha value is -0.280. The maximum absolute atomic E-state index is 9.94. The predicted molar refractivity (Wildman–Crippen MR) is 30.5 cm³/mol. The Morgan fingerprint density at radius 3 is 2.62 bits per heavy atom. The molecular weight excluding hydrogens is 130 g/mol. The van der Waals surface area contributed by atoms with Gasteiger partial charge in [0, 0.05) is 0 Å². The van der Waals surface area contributed by atoms with Crippen LogP contribution < -0.4 is 5.73 Å². The van der Waals surface area contributed by atoms with Gasteiger partial charge in [-0.15, -0.1) is 0 Å². The molecule has 0 fully saturated rings. The van der Waals surface area contributed by atoms with Crippen LogP contribution in [0.5, 0.6) is 0 Å². The summed E-state index contributed by atoms with van der Waals surface area (Å²) in [6.07, 6.45) is 0. The highest BCUT2D eigenvalue weighted by molar-refractivity contribution is 6.19. The Kier molecular flexibility index (Phi) is 3.56. The fraction of sp³-hybridized carbons (Fsp3) is 0.750. The van der Waals surface area contributed by atoms with Crippen LogP contribution in [0, 0.1) is 0 Å². The molecule has 1 unspecified atom stereocenters. The summed E-state index contributed by atoms with van der Waals surface area (Å²) in [6, 6.07) is 0. The molecule has 0 aromatic rings. The first kappa shape index (κ1) is 7.72. The number of amides is 1. The minimum absolute atomic E-state index is 0.106. The van der Waals surface area contributed by atoms with Gasteiger partial charge in [-0.25, -0.2) is 0 Å². The monoisotopic (exact) mass is 137 g/mol. The van der Waals surface area contributed by atoms with Gasteiger partial charge in [0.15, 0.2) is 0 Å². The predicted octanol–water partition coefficient (Wildman–Crippen LogP) is 0.0731. The first-order valence-corrected chi connectivity index (χ1v) is 2.60. The molecule has 0 aromatic heterocycles. The summed E-state index contributed by atoms with van der Waals surface area (Å²) in [5.74, 6) is -0.502. The molecule has 8 heavy (non-hydrogen) atoms. The van der Waals surface area contributed by atoms with E-state index in [4.69, 9.17) is 17.3 Å². The van der Waals surface area contributed by atoms with Gasteiger partial charge in [-0.05, 0) is 6.92 Å². The normalized spacial score (nSPS) is 13.2. The average Bonchev–Trinajstić information content (AvgIpc) is 1.61. The maximum Gasteiger partial charge on any atom is 0.243 e. The first-order valence-electron chi connectivity index (χ1n) is 2.17. The number of rotatable bonds is 3. The van der Waals surface area contributed by atoms with Crippen LogP contribution in [-0.2, 0) is 9.53 Å². The van der Waals surface area contributed by atoms with Crippen LogP contribution in [0.2, 0.25) is 0 Å². The van der Waals surface area contributed by atoms with Gasteiger partial charge in [0.2, 0.25) is 5.91 Å². The van der Waals surface area contributed by atoms with Crippen molar-refractivity contribution in [3.63, 3.8) is 0 Å². The molecule has 0 rings (SSSR count). The number of nitrogens with two attached hydrogens (primary N) is 1. The van der Waals surface area contributed by atoms with E-state index >= 15 is 0 Å². The van der Waals surface area contributed by atoms with Gasteiger partial charge in [-0.3, -0.25) is 4.79 Å². The Morgan fingerprint density at radius 1 is 2.00 bits per heavy atom. The summed E-state index contributed by atoms with van der Waals surface area (Å²) >= 11 is 5.29.